The lowest BCUT2D eigenvalue weighted by Crippen LogP contribution is -2.37. The van der Waals surface area contributed by atoms with Crippen molar-refractivity contribution < 1.29 is 14.6 Å². The van der Waals surface area contributed by atoms with E-state index in [2.05, 4.69) is 31.2 Å². The zero-order valence-electron chi connectivity index (χ0n) is 11.9. The van der Waals surface area contributed by atoms with Crippen molar-refractivity contribution in [1.29, 1.82) is 0 Å². The zero-order chi connectivity index (χ0) is 14.2. The molecule has 1 fully saturated rings. The first-order valence-electron chi connectivity index (χ1n) is 7.01. The number of ether oxygens (including phenoxy) is 2. The molecule has 106 valence electrons. The third kappa shape index (κ3) is 2.39. The molecule has 0 bridgehead atoms. The van der Waals surface area contributed by atoms with Crippen LogP contribution in [0.25, 0.3) is 10.8 Å². The Hall–Kier alpha value is -1.58. The largest absolute Gasteiger partial charge is 0.497 e. The van der Waals surface area contributed by atoms with Crippen LogP contribution in [0.2, 0.25) is 0 Å². The Kier molecular flexibility index (Phi) is 3.40. The quantitative estimate of drug-likeness (QED) is 0.912. The highest BCUT2D eigenvalue weighted by atomic mass is 16.5. The molecule has 0 saturated carbocycles. The predicted molar refractivity (Wildman–Crippen MR) is 79.0 cm³/mol. The maximum atomic E-state index is 9.89. The van der Waals surface area contributed by atoms with E-state index >= 15 is 0 Å². The molecule has 3 rings (SSSR count). The van der Waals surface area contributed by atoms with Gasteiger partial charge < -0.3 is 14.6 Å². The highest BCUT2D eigenvalue weighted by molar-refractivity contribution is 5.84. The molecule has 0 aliphatic carbocycles. The van der Waals surface area contributed by atoms with Gasteiger partial charge in [-0.1, -0.05) is 18.2 Å². The van der Waals surface area contributed by atoms with E-state index in [1.807, 2.05) is 12.1 Å². The van der Waals surface area contributed by atoms with Crippen LogP contribution in [0.15, 0.2) is 36.4 Å². The molecule has 2 aromatic carbocycles. The first-order valence-corrected chi connectivity index (χ1v) is 7.01. The van der Waals surface area contributed by atoms with Gasteiger partial charge in [0.05, 0.1) is 25.4 Å². The van der Waals surface area contributed by atoms with Gasteiger partial charge in [-0.05, 0) is 47.9 Å². The Morgan fingerprint density at radius 2 is 1.95 bits per heavy atom. The van der Waals surface area contributed by atoms with E-state index in [1.54, 1.807) is 7.11 Å². The third-order valence-electron chi connectivity index (χ3n) is 4.15. The molecule has 1 saturated heterocycles. The summed E-state index contributed by atoms with van der Waals surface area (Å²) in [6, 6.07) is 12.4. The molecule has 3 nitrogen and oxygen atoms in total. The van der Waals surface area contributed by atoms with Crippen LogP contribution >= 0.6 is 0 Å². The number of benzene rings is 2. The summed E-state index contributed by atoms with van der Waals surface area (Å²) < 4.78 is 11.2. The fraction of sp³-hybridized carbons (Fsp3) is 0.412. The van der Waals surface area contributed by atoms with Crippen LogP contribution in [0.5, 0.6) is 5.75 Å². The predicted octanol–water partition coefficient (Wildman–Crippen LogP) is 3.23. The monoisotopic (exact) mass is 272 g/mol. The van der Waals surface area contributed by atoms with Crippen LogP contribution in [-0.4, -0.2) is 24.9 Å². The maximum Gasteiger partial charge on any atom is 0.119 e. The standard InChI is InChI=1S/C17H20O3/c1-17(11-15(18)7-8-20-17)14-5-3-13-10-16(19-2)6-4-12(13)9-14/h3-6,9-10,15,18H,7-8,11H2,1-2H3. The normalized spacial score (nSPS) is 26.6. The lowest BCUT2D eigenvalue weighted by Gasteiger charge is -2.37. The van der Waals surface area contributed by atoms with Crippen LogP contribution in [0.4, 0.5) is 0 Å². The molecular formula is C17H20O3. The second-order valence-corrected chi connectivity index (χ2v) is 5.65. The van der Waals surface area contributed by atoms with Crippen molar-refractivity contribution in [3.63, 3.8) is 0 Å². The molecule has 0 radical (unpaired) electrons. The first-order chi connectivity index (χ1) is 9.60. The van der Waals surface area contributed by atoms with Crippen LogP contribution in [0.3, 0.4) is 0 Å². The fourth-order valence-electron chi connectivity index (χ4n) is 2.91. The molecule has 2 unspecified atom stereocenters. The summed E-state index contributed by atoms with van der Waals surface area (Å²) >= 11 is 0. The highest BCUT2D eigenvalue weighted by Crippen LogP contribution is 2.36. The van der Waals surface area contributed by atoms with Crippen molar-refractivity contribution in [2.45, 2.75) is 31.5 Å². The van der Waals surface area contributed by atoms with Crippen molar-refractivity contribution in [3.8, 4) is 5.75 Å². The Morgan fingerprint density at radius 1 is 1.20 bits per heavy atom. The number of aliphatic hydroxyl groups is 1. The first kappa shape index (κ1) is 13.4. The van der Waals surface area contributed by atoms with Gasteiger partial charge in [0.2, 0.25) is 0 Å². The highest BCUT2D eigenvalue weighted by Gasteiger charge is 2.34. The number of fused-ring (bicyclic) bond motifs is 1. The summed E-state index contributed by atoms with van der Waals surface area (Å²) in [5, 5.41) is 12.2. The number of methoxy groups -OCH3 is 1. The molecule has 20 heavy (non-hydrogen) atoms. The fourth-order valence-corrected chi connectivity index (χ4v) is 2.91. The maximum absolute atomic E-state index is 9.89. The van der Waals surface area contributed by atoms with E-state index in [-0.39, 0.29) is 6.10 Å². The Morgan fingerprint density at radius 3 is 2.70 bits per heavy atom. The molecule has 0 amide bonds. The smallest absolute Gasteiger partial charge is 0.119 e. The number of hydrogen-bond donors (Lipinski definition) is 1. The van der Waals surface area contributed by atoms with Crippen LogP contribution in [0, 0.1) is 0 Å². The molecule has 1 aliphatic rings. The lowest BCUT2D eigenvalue weighted by molar-refractivity contribution is -0.112. The van der Waals surface area contributed by atoms with Crippen LogP contribution < -0.4 is 4.74 Å². The van der Waals surface area contributed by atoms with E-state index in [0.29, 0.717) is 13.0 Å². The molecule has 0 aromatic heterocycles. The molecule has 0 spiro atoms. The van der Waals surface area contributed by atoms with E-state index < -0.39 is 5.60 Å². The van der Waals surface area contributed by atoms with Crippen molar-refractivity contribution in [1.82, 2.24) is 0 Å². The molecule has 1 heterocycles. The molecule has 1 aliphatic heterocycles. The molecule has 3 heteroatoms. The summed E-state index contributed by atoms with van der Waals surface area (Å²) in [6.45, 7) is 2.67. The summed E-state index contributed by atoms with van der Waals surface area (Å²) in [7, 11) is 1.67. The average Bonchev–Trinajstić information content (AvgIpc) is 2.46. The second-order valence-electron chi connectivity index (χ2n) is 5.65. The van der Waals surface area contributed by atoms with Gasteiger partial charge in [-0.2, -0.15) is 0 Å². The summed E-state index contributed by atoms with van der Waals surface area (Å²) in [6.07, 6.45) is 1.09. The van der Waals surface area contributed by atoms with Crippen molar-refractivity contribution >= 4 is 10.8 Å². The van der Waals surface area contributed by atoms with Crippen LogP contribution in [-0.2, 0) is 10.3 Å². The van der Waals surface area contributed by atoms with Gasteiger partial charge in [-0.25, -0.2) is 0 Å². The van der Waals surface area contributed by atoms with Crippen molar-refractivity contribution in [2.75, 3.05) is 13.7 Å². The van der Waals surface area contributed by atoms with Crippen molar-refractivity contribution in [2.24, 2.45) is 0 Å². The summed E-state index contributed by atoms with van der Waals surface area (Å²) in [5.41, 5.74) is 0.722. The SMILES string of the molecule is COc1ccc2cc(C3(C)CC(O)CCO3)ccc2c1. The van der Waals surface area contributed by atoms with Gasteiger partial charge >= 0.3 is 0 Å². The Balaban J connectivity index is 2.00. The summed E-state index contributed by atoms with van der Waals surface area (Å²) in [4.78, 5) is 0. The molecular weight excluding hydrogens is 252 g/mol. The van der Waals surface area contributed by atoms with Gasteiger partial charge in [-0.3, -0.25) is 0 Å². The minimum absolute atomic E-state index is 0.277. The topological polar surface area (TPSA) is 38.7 Å². The average molecular weight is 272 g/mol. The number of aliphatic hydroxyl groups excluding tert-OH is 1. The molecule has 2 atom stereocenters. The van der Waals surface area contributed by atoms with E-state index in [0.717, 1.165) is 28.5 Å². The third-order valence-corrected chi connectivity index (χ3v) is 4.15. The van der Waals surface area contributed by atoms with Gasteiger partial charge in [0.25, 0.3) is 0 Å². The molecule has 2 aromatic rings. The number of rotatable bonds is 2. The number of hydrogen-bond acceptors (Lipinski definition) is 3. The Bertz CT molecular complexity index is 623. The van der Waals surface area contributed by atoms with Crippen molar-refractivity contribution in [3.05, 3.63) is 42.0 Å². The van der Waals surface area contributed by atoms with E-state index in [1.165, 1.54) is 0 Å². The van der Waals surface area contributed by atoms with E-state index in [4.69, 9.17) is 9.47 Å². The van der Waals surface area contributed by atoms with Gasteiger partial charge in [0.15, 0.2) is 0 Å². The van der Waals surface area contributed by atoms with Crippen LogP contribution in [0.1, 0.15) is 25.3 Å². The minimum Gasteiger partial charge on any atom is -0.497 e. The van der Waals surface area contributed by atoms with Gasteiger partial charge in [-0.15, -0.1) is 0 Å². The summed E-state index contributed by atoms with van der Waals surface area (Å²) in [5.74, 6) is 0.862. The molecule has 1 N–H and O–H groups in total. The minimum atomic E-state index is -0.397. The zero-order valence-corrected chi connectivity index (χ0v) is 11.9. The van der Waals surface area contributed by atoms with Gasteiger partial charge in [0, 0.05) is 6.42 Å². The van der Waals surface area contributed by atoms with E-state index in [9.17, 15) is 5.11 Å². The second kappa shape index (κ2) is 5.08. The Labute approximate surface area is 119 Å². The lowest BCUT2D eigenvalue weighted by atomic mass is 9.86. The van der Waals surface area contributed by atoms with Gasteiger partial charge in [0.1, 0.15) is 5.75 Å².